The van der Waals surface area contributed by atoms with Gasteiger partial charge in [-0.1, -0.05) is 0 Å². The molecule has 0 radical (unpaired) electrons. The van der Waals surface area contributed by atoms with Crippen LogP contribution in [0.4, 0.5) is 0 Å². The average Bonchev–Trinajstić information content (AvgIpc) is 1.99. The second-order valence-electron chi connectivity index (χ2n) is 3.14. The van der Waals surface area contributed by atoms with Gasteiger partial charge in [-0.2, -0.15) is 0 Å². The summed E-state index contributed by atoms with van der Waals surface area (Å²) in [6, 6.07) is 0. The van der Waals surface area contributed by atoms with Crippen molar-refractivity contribution in [3.8, 4) is 0 Å². The van der Waals surface area contributed by atoms with Crippen LogP contribution in [0, 0.1) is 0 Å². The lowest BCUT2D eigenvalue weighted by molar-refractivity contribution is -0.202. The smallest absolute Gasteiger partial charge is 0.302 e. The number of carbonyl (C=O) groups excluding carboxylic acids is 1. The molecule has 13 heavy (non-hydrogen) atoms. The lowest BCUT2D eigenvalue weighted by atomic mass is 10.1. The third kappa shape index (κ3) is 3.71. The van der Waals surface area contributed by atoms with E-state index in [9.17, 15) is 9.90 Å². The SMILES string of the molecule is CC(=O)OC[C@@H]1C[C@@H](O)CC(O)O1. The fourth-order valence-electron chi connectivity index (χ4n) is 1.28. The van der Waals surface area contributed by atoms with Crippen molar-refractivity contribution in [2.24, 2.45) is 0 Å². The molecule has 0 spiro atoms. The summed E-state index contributed by atoms with van der Waals surface area (Å²) in [4.78, 5) is 10.4. The molecule has 1 aliphatic rings. The molecule has 5 nitrogen and oxygen atoms in total. The Kier molecular flexibility index (Phi) is 3.65. The third-order valence-corrected chi connectivity index (χ3v) is 1.83. The number of aliphatic hydroxyl groups excluding tert-OH is 2. The highest BCUT2D eigenvalue weighted by Crippen LogP contribution is 2.18. The summed E-state index contributed by atoms with van der Waals surface area (Å²) in [5.74, 6) is -0.391. The second kappa shape index (κ2) is 4.55. The van der Waals surface area contributed by atoms with Crippen LogP contribution in [0.2, 0.25) is 0 Å². The zero-order valence-electron chi connectivity index (χ0n) is 7.47. The first-order valence-electron chi connectivity index (χ1n) is 4.23. The summed E-state index contributed by atoms with van der Waals surface area (Å²) in [6.45, 7) is 1.39. The van der Waals surface area contributed by atoms with Crippen LogP contribution >= 0.6 is 0 Å². The van der Waals surface area contributed by atoms with Gasteiger partial charge in [0.25, 0.3) is 0 Å². The van der Waals surface area contributed by atoms with Crippen molar-refractivity contribution in [2.45, 2.75) is 38.3 Å². The topological polar surface area (TPSA) is 76.0 Å². The Morgan fingerprint density at radius 1 is 1.54 bits per heavy atom. The molecule has 0 aliphatic carbocycles. The van der Waals surface area contributed by atoms with E-state index >= 15 is 0 Å². The van der Waals surface area contributed by atoms with Crippen molar-refractivity contribution in [1.82, 2.24) is 0 Å². The van der Waals surface area contributed by atoms with E-state index in [0.29, 0.717) is 6.42 Å². The van der Waals surface area contributed by atoms with Crippen molar-refractivity contribution >= 4 is 5.97 Å². The van der Waals surface area contributed by atoms with Crippen LogP contribution in [0.15, 0.2) is 0 Å². The summed E-state index contributed by atoms with van der Waals surface area (Å²) in [7, 11) is 0. The molecule has 0 amide bonds. The fourth-order valence-corrected chi connectivity index (χ4v) is 1.28. The van der Waals surface area contributed by atoms with E-state index in [1.807, 2.05) is 0 Å². The Hall–Kier alpha value is -0.650. The van der Waals surface area contributed by atoms with Gasteiger partial charge in [0.1, 0.15) is 6.61 Å². The van der Waals surface area contributed by atoms with Gasteiger partial charge in [0.2, 0.25) is 0 Å². The molecule has 0 saturated carbocycles. The Labute approximate surface area is 76.3 Å². The van der Waals surface area contributed by atoms with Crippen LogP contribution in [0.1, 0.15) is 19.8 Å². The monoisotopic (exact) mass is 190 g/mol. The van der Waals surface area contributed by atoms with Gasteiger partial charge in [-0.3, -0.25) is 4.79 Å². The summed E-state index contributed by atoms with van der Waals surface area (Å²) < 4.78 is 9.72. The van der Waals surface area contributed by atoms with Crippen LogP contribution in [-0.4, -0.2) is 41.3 Å². The molecule has 1 saturated heterocycles. The van der Waals surface area contributed by atoms with Crippen LogP contribution in [0.5, 0.6) is 0 Å². The number of rotatable bonds is 2. The molecule has 5 heteroatoms. The largest absolute Gasteiger partial charge is 0.463 e. The molecule has 3 atom stereocenters. The number of hydrogen-bond donors (Lipinski definition) is 2. The Morgan fingerprint density at radius 2 is 2.23 bits per heavy atom. The normalized spacial score (nSPS) is 34.2. The molecule has 1 aliphatic heterocycles. The lowest BCUT2D eigenvalue weighted by Crippen LogP contribution is -2.38. The first kappa shape index (κ1) is 10.4. The van der Waals surface area contributed by atoms with Crippen molar-refractivity contribution in [2.75, 3.05) is 6.61 Å². The standard InChI is InChI=1S/C8H14O5/c1-5(9)12-4-7-2-6(10)3-8(11)13-7/h6-8,10-11H,2-4H2,1H3/t6-,7+,8?/m1/s1. The number of hydrogen-bond acceptors (Lipinski definition) is 5. The Balaban J connectivity index is 2.28. The number of aliphatic hydroxyl groups is 2. The van der Waals surface area contributed by atoms with Gasteiger partial charge in [-0.05, 0) is 0 Å². The van der Waals surface area contributed by atoms with Crippen LogP contribution in [0.3, 0.4) is 0 Å². The number of esters is 1. The highest BCUT2D eigenvalue weighted by atomic mass is 16.6. The van der Waals surface area contributed by atoms with Gasteiger partial charge >= 0.3 is 5.97 Å². The van der Waals surface area contributed by atoms with Gasteiger partial charge in [0, 0.05) is 19.8 Å². The first-order valence-corrected chi connectivity index (χ1v) is 4.23. The third-order valence-electron chi connectivity index (χ3n) is 1.83. The molecule has 0 aromatic heterocycles. The molecule has 1 rings (SSSR count). The number of carbonyl (C=O) groups is 1. The molecular weight excluding hydrogens is 176 g/mol. The van der Waals surface area contributed by atoms with Crippen LogP contribution in [0.25, 0.3) is 0 Å². The molecule has 1 heterocycles. The molecular formula is C8H14O5. The van der Waals surface area contributed by atoms with Crippen molar-refractivity contribution < 1.29 is 24.5 Å². The molecule has 76 valence electrons. The van der Waals surface area contributed by atoms with E-state index in [1.165, 1.54) is 6.92 Å². The van der Waals surface area contributed by atoms with Crippen molar-refractivity contribution in [1.29, 1.82) is 0 Å². The minimum Gasteiger partial charge on any atom is -0.463 e. The summed E-state index contributed by atoms with van der Waals surface area (Å²) in [6.07, 6.45) is -1.32. The van der Waals surface area contributed by atoms with Crippen molar-refractivity contribution in [3.05, 3.63) is 0 Å². The van der Waals surface area contributed by atoms with Gasteiger partial charge in [0.15, 0.2) is 6.29 Å². The quantitative estimate of drug-likeness (QED) is 0.569. The maximum atomic E-state index is 10.4. The zero-order chi connectivity index (χ0) is 9.84. The van der Waals surface area contributed by atoms with Crippen LogP contribution in [-0.2, 0) is 14.3 Å². The van der Waals surface area contributed by atoms with Gasteiger partial charge < -0.3 is 19.7 Å². The maximum Gasteiger partial charge on any atom is 0.302 e. The molecule has 2 N–H and O–H groups in total. The average molecular weight is 190 g/mol. The first-order chi connectivity index (χ1) is 6.08. The Bertz CT molecular complexity index is 171. The molecule has 0 aromatic carbocycles. The van der Waals surface area contributed by atoms with Gasteiger partial charge in [0.05, 0.1) is 12.2 Å². The molecule has 0 aromatic rings. The molecule has 1 fully saturated rings. The fraction of sp³-hybridized carbons (Fsp3) is 0.875. The summed E-state index contributed by atoms with van der Waals surface area (Å²) in [5, 5.41) is 18.3. The Morgan fingerprint density at radius 3 is 2.77 bits per heavy atom. The minimum atomic E-state index is -0.954. The second-order valence-corrected chi connectivity index (χ2v) is 3.14. The predicted molar refractivity (Wildman–Crippen MR) is 42.8 cm³/mol. The van der Waals surface area contributed by atoms with Crippen molar-refractivity contribution in [3.63, 3.8) is 0 Å². The highest BCUT2D eigenvalue weighted by molar-refractivity contribution is 5.65. The van der Waals surface area contributed by atoms with E-state index in [4.69, 9.17) is 14.6 Å². The number of ether oxygens (including phenoxy) is 2. The van der Waals surface area contributed by atoms with Gasteiger partial charge in [-0.15, -0.1) is 0 Å². The van der Waals surface area contributed by atoms with Gasteiger partial charge in [-0.25, -0.2) is 0 Å². The van der Waals surface area contributed by atoms with E-state index < -0.39 is 24.5 Å². The minimum absolute atomic E-state index is 0.0868. The van der Waals surface area contributed by atoms with E-state index in [-0.39, 0.29) is 13.0 Å². The van der Waals surface area contributed by atoms with E-state index in [1.54, 1.807) is 0 Å². The highest BCUT2D eigenvalue weighted by Gasteiger charge is 2.27. The van der Waals surface area contributed by atoms with E-state index in [0.717, 1.165) is 0 Å². The zero-order valence-corrected chi connectivity index (χ0v) is 7.47. The van der Waals surface area contributed by atoms with E-state index in [2.05, 4.69) is 0 Å². The van der Waals surface area contributed by atoms with Crippen LogP contribution < -0.4 is 0 Å². The molecule has 0 bridgehead atoms. The predicted octanol–water partition coefficient (Wildman–Crippen LogP) is -0.592. The maximum absolute atomic E-state index is 10.4. The lowest BCUT2D eigenvalue weighted by Gasteiger charge is -2.29. The molecule has 1 unspecified atom stereocenters. The summed E-state index contributed by atoms with van der Waals surface area (Å²) in [5.41, 5.74) is 0. The summed E-state index contributed by atoms with van der Waals surface area (Å²) >= 11 is 0.